The maximum absolute atomic E-state index is 12.7. The number of phosphoric ester groups is 1. The highest BCUT2D eigenvalue weighted by Crippen LogP contribution is 2.43. The average Bonchev–Trinajstić information content (AvgIpc) is 3.25. The van der Waals surface area contributed by atoms with Crippen LogP contribution in [0, 0.1) is 0 Å². The summed E-state index contributed by atoms with van der Waals surface area (Å²) < 4.78 is 33.6. The van der Waals surface area contributed by atoms with Crippen LogP contribution >= 0.6 is 7.82 Å². The Morgan fingerprint density at radius 1 is 0.475 bits per heavy atom. The summed E-state index contributed by atoms with van der Waals surface area (Å²) in [4.78, 5) is 22.6. The molecule has 0 saturated heterocycles. The van der Waals surface area contributed by atoms with Gasteiger partial charge in [0, 0.05) is 19.6 Å². The summed E-state index contributed by atoms with van der Waals surface area (Å²) in [7, 11) is -4.28. The van der Waals surface area contributed by atoms with Crippen LogP contribution in [0.25, 0.3) is 0 Å². The van der Waals surface area contributed by atoms with E-state index in [9.17, 15) is 14.3 Å². The second-order valence-corrected chi connectivity index (χ2v) is 19.6. The molecule has 0 aromatic rings. The van der Waals surface area contributed by atoms with Crippen molar-refractivity contribution in [2.24, 2.45) is 5.73 Å². The van der Waals surface area contributed by atoms with E-state index in [2.05, 4.69) is 26.0 Å². The fourth-order valence-corrected chi connectivity index (χ4v) is 8.76. The molecule has 0 saturated carbocycles. The molecular weight excluding hydrogens is 782 g/mol. The van der Waals surface area contributed by atoms with Crippen molar-refractivity contribution < 1.29 is 32.8 Å². The lowest BCUT2D eigenvalue weighted by Crippen LogP contribution is -2.28. The molecule has 0 fully saturated rings. The van der Waals surface area contributed by atoms with Gasteiger partial charge in [0.1, 0.15) is 6.10 Å². The molecule has 0 aliphatic rings. The number of rotatable bonds is 52. The zero-order chi connectivity index (χ0) is 44.4. The van der Waals surface area contributed by atoms with Gasteiger partial charge in [-0.25, -0.2) is 4.57 Å². The fraction of sp³-hybridized carbons (Fsp3) is 0.942. The maximum Gasteiger partial charge on any atom is 0.472 e. The van der Waals surface area contributed by atoms with Gasteiger partial charge in [-0.3, -0.25) is 13.8 Å². The molecule has 0 rings (SSSR count). The Labute approximate surface area is 379 Å². The highest BCUT2D eigenvalue weighted by Gasteiger charge is 2.25. The highest BCUT2D eigenvalue weighted by atomic mass is 31.2. The van der Waals surface area contributed by atoms with Crippen molar-refractivity contribution in [3.05, 3.63) is 12.2 Å². The molecule has 0 aliphatic heterocycles. The van der Waals surface area contributed by atoms with Gasteiger partial charge in [-0.15, -0.1) is 0 Å². The number of phosphoric acid groups is 1. The molecule has 0 radical (unpaired) electrons. The van der Waals surface area contributed by atoms with E-state index in [1.807, 2.05) is 0 Å². The van der Waals surface area contributed by atoms with Crippen LogP contribution < -0.4 is 5.73 Å². The molecule has 2 atom stereocenters. The summed E-state index contributed by atoms with van der Waals surface area (Å²) in [5.74, 6) is -0.328. The molecular formula is C52H104NO7P. The van der Waals surface area contributed by atoms with E-state index in [-0.39, 0.29) is 32.3 Å². The molecule has 0 spiro atoms. The van der Waals surface area contributed by atoms with Crippen LogP contribution in [0.4, 0.5) is 0 Å². The quantitative estimate of drug-likeness (QED) is 0.0268. The monoisotopic (exact) mass is 886 g/mol. The number of hydrogen-bond acceptors (Lipinski definition) is 7. The van der Waals surface area contributed by atoms with Crippen LogP contribution in [-0.4, -0.2) is 49.9 Å². The molecule has 0 amide bonds. The minimum atomic E-state index is -4.28. The van der Waals surface area contributed by atoms with Crippen molar-refractivity contribution in [1.29, 1.82) is 0 Å². The summed E-state index contributed by atoms with van der Waals surface area (Å²) >= 11 is 0. The number of carbonyl (C=O) groups is 1. The molecule has 8 nitrogen and oxygen atoms in total. The molecule has 0 aliphatic carbocycles. The summed E-state index contributed by atoms with van der Waals surface area (Å²) in [5, 5.41) is 0. The Bertz CT molecular complexity index is 951. The van der Waals surface area contributed by atoms with Gasteiger partial charge >= 0.3 is 13.8 Å². The topological polar surface area (TPSA) is 117 Å². The molecule has 3 N–H and O–H groups in total. The lowest BCUT2D eigenvalue weighted by molar-refractivity contribution is -0.154. The number of ether oxygens (including phenoxy) is 2. The predicted octanol–water partition coefficient (Wildman–Crippen LogP) is 16.6. The zero-order valence-electron chi connectivity index (χ0n) is 40.7. The second-order valence-electron chi connectivity index (χ2n) is 18.1. The van der Waals surface area contributed by atoms with Gasteiger partial charge in [0.05, 0.1) is 19.8 Å². The van der Waals surface area contributed by atoms with E-state index in [0.29, 0.717) is 13.0 Å². The highest BCUT2D eigenvalue weighted by molar-refractivity contribution is 7.47. The molecule has 2 unspecified atom stereocenters. The van der Waals surface area contributed by atoms with Crippen LogP contribution in [0.3, 0.4) is 0 Å². The summed E-state index contributed by atoms with van der Waals surface area (Å²) in [6, 6.07) is 0. The third kappa shape index (κ3) is 50.1. The molecule has 0 heterocycles. The molecule has 0 bridgehead atoms. The summed E-state index contributed by atoms with van der Waals surface area (Å²) in [6.07, 6.45) is 56.8. The predicted molar refractivity (Wildman–Crippen MR) is 261 cm³/mol. The Morgan fingerprint density at radius 3 is 1.20 bits per heavy atom. The third-order valence-corrected chi connectivity index (χ3v) is 12.9. The first-order valence-electron chi connectivity index (χ1n) is 26.7. The lowest BCUT2D eigenvalue weighted by atomic mass is 10.0. The largest absolute Gasteiger partial charge is 0.472 e. The number of allylic oxidation sites excluding steroid dienone is 2. The SMILES string of the molecule is CCCCCCCCC/C=C\CCCCCCCCCC(=O)OC(COCCCCCCCCCCCCCCCCCCCCCCCCCC)COP(=O)(O)OCCN. The van der Waals surface area contributed by atoms with Gasteiger partial charge in [0.25, 0.3) is 0 Å². The average molecular weight is 886 g/mol. The molecule has 0 aromatic carbocycles. The third-order valence-electron chi connectivity index (χ3n) is 11.9. The minimum absolute atomic E-state index is 0.0926. The Balaban J connectivity index is 3.86. The van der Waals surface area contributed by atoms with Crippen molar-refractivity contribution in [3.63, 3.8) is 0 Å². The second kappa shape index (κ2) is 50.2. The van der Waals surface area contributed by atoms with E-state index < -0.39 is 13.9 Å². The van der Waals surface area contributed by atoms with E-state index in [0.717, 1.165) is 32.1 Å². The van der Waals surface area contributed by atoms with E-state index >= 15 is 0 Å². The molecule has 61 heavy (non-hydrogen) atoms. The van der Waals surface area contributed by atoms with Gasteiger partial charge in [-0.2, -0.15) is 0 Å². The van der Waals surface area contributed by atoms with Crippen LogP contribution in [0.15, 0.2) is 12.2 Å². The van der Waals surface area contributed by atoms with Crippen LogP contribution in [0.5, 0.6) is 0 Å². The van der Waals surface area contributed by atoms with Crippen LogP contribution in [0.1, 0.15) is 277 Å². The Hall–Kier alpha value is -0.760. The normalized spacial score (nSPS) is 13.3. The summed E-state index contributed by atoms with van der Waals surface area (Å²) in [6.45, 7) is 4.99. The van der Waals surface area contributed by atoms with E-state index in [1.54, 1.807) is 0 Å². The van der Waals surface area contributed by atoms with Gasteiger partial charge in [-0.05, 0) is 38.5 Å². The number of hydrogen-bond donors (Lipinski definition) is 2. The van der Waals surface area contributed by atoms with Gasteiger partial charge < -0.3 is 20.1 Å². The molecule has 364 valence electrons. The van der Waals surface area contributed by atoms with Gasteiger partial charge in [0.2, 0.25) is 0 Å². The van der Waals surface area contributed by atoms with Crippen molar-refractivity contribution in [2.45, 2.75) is 283 Å². The van der Waals surface area contributed by atoms with E-state index in [1.165, 1.54) is 225 Å². The molecule has 0 aromatic heterocycles. The first-order valence-corrected chi connectivity index (χ1v) is 28.2. The zero-order valence-corrected chi connectivity index (χ0v) is 41.6. The Morgan fingerprint density at radius 2 is 0.820 bits per heavy atom. The number of esters is 1. The van der Waals surface area contributed by atoms with Crippen LogP contribution in [0.2, 0.25) is 0 Å². The fourth-order valence-electron chi connectivity index (χ4n) is 8.00. The van der Waals surface area contributed by atoms with Crippen molar-refractivity contribution in [3.8, 4) is 0 Å². The number of nitrogens with two attached hydrogens (primary N) is 1. The van der Waals surface area contributed by atoms with Gasteiger partial charge in [-0.1, -0.05) is 244 Å². The standard InChI is InChI=1S/C52H104NO7P/c1-3-5-7-9-11-13-15-17-19-21-23-24-25-26-27-28-30-32-34-36-38-40-42-44-47-57-49-51(50-59-61(55,56)58-48-46-53)60-52(54)45-43-41-39-37-35-33-31-29-22-20-18-16-14-12-10-8-6-4-2/h20,22,51H,3-19,21,23-50,53H2,1-2H3,(H,55,56)/b22-20-. The number of carbonyl (C=O) groups excluding carboxylic acids is 1. The first kappa shape index (κ1) is 60.2. The lowest BCUT2D eigenvalue weighted by Gasteiger charge is -2.20. The van der Waals surface area contributed by atoms with Crippen molar-refractivity contribution in [2.75, 3.05) is 33.0 Å². The van der Waals surface area contributed by atoms with Crippen molar-refractivity contribution in [1.82, 2.24) is 0 Å². The van der Waals surface area contributed by atoms with Gasteiger partial charge in [0.15, 0.2) is 0 Å². The number of unbranched alkanes of at least 4 members (excludes halogenated alkanes) is 37. The smallest absolute Gasteiger partial charge is 0.457 e. The summed E-state index contributed by atoms with van der Waals surface area (Å²) in [5.41, 5.74) is 5.39. The first-order chi connectivity index (χ1) is 29.9. The minimum Gasteiger partial charge on any atom is -0.457 e. The maximum atomic E-state index is 12.7. The van der Waals surface area contributed by atoms with E-state index in [4.69, 9.17) is 24.3 Å². The van der Waals surface area contributed by atoms with Crippen molar-refractivity contribution >= 4 is 13.8 Å². The molecule has 9 heteroatoms. The Kier molecular flexibility index (Phi) is 49.6. The van der Waals surface area contributed by atoms with Crippen LogP contribution in [-0.2, 0) is 27.9 Å².